The third-order valence-corrected chi connectivity index (χ3v) is 7.36. The Labute approximate surface area is 183 Å². The van der Waals surface area contributed by atoms with E-state index < -0.39 is 10.0 Å². The van der Waals surface area contributed by atoms with Gasteiger partial charge in [-0.15, -0.1) is 22.7 Å². The molecule has 0 radical (unpaired) electrons. The van der Waals surface area contributed by atoms with Crippen molar-refractivity contribution in [2.75, 3.05) is 18.1 Å². The van der Waals surface area contributed by atoms with E-state index in [-0.39, 0.29) is 5.91 Å². The van der Waals surface area contributed by atoms with Gasteiger partial charge in [0.05, 0.1) is 11.1 Å². The van der Waals surface area contributed by atoms with Crippen LogP contribution in [0.25, 0.3) is 0 Å². The molecular weight excluding hydrogens is 450 g/mol. The molecule has 154 valence electrons. The first-order valence-corrected chi connectivity index (χ1v) is 12.6. The number of halogens is 1. The number of sulfonamides is 1. The standard InChI is InChI=1S/C19H20ClN3O3S3/c1-12-4-3-5-13(17(12)20)10-15-11-21-19(28-15)23-18(24)16-7-6-14(27-16)8-9-22-29(2,25)26/h3-7,11,22H,8-10H2,1-2H3,(H,21,23,24). The monoisotopic (exact) mass is 469 g/mol. The first kappa shape index (κ1) is 21.9. The number of nitrogens with zero attached hydrogens (tertiary/aromatic N) is 1. The van der Waals surface area contributed by atoms with Crippen LogP contribution in [0.5, 0.6) is 0 Å². The number of anilines is 1. The topological polar surface area (TPSA) is 88.2 Å². The van der Waals surface area contributed by atoms with Crippen LogP contribution < -0.4 is 10.0 Å². The average molecular weight is 470 g/mol. The van der Waals surface area contributed by atoms with E-state index in [2.05, 4.69) is 15.0 Å². The zero-order chi connectivity index (χ0) is 21.0. The fourth-order valence-electron chi connectivity index (χ4n) is 2.63. The molecule has 0 aliphatic rings. The van der Waals surface area contributed by atoms with E-state index in [4.69, 9.17) is 11.6 Å². The van der Waals surface area contributed by atoms with Crippen molar-refractivity contribution in [2.24, 2.45) is 0 Å². The molecule has 0 atom stereocenters. The molecule has 0 aliphatic heterocycles. The summed E-state index contributed by atoms with van der Waals surface area (Å²) in [5.41, 5.74) is 2.06. The first-order valence-electron chi connectivity index (χ1n) is 8.74. The van der Waals surface area contributed by atoms with Crippen LogP contribution in [0, 0.1) is 6.92 Å². The molecule has 0 saturated carbocycles. The SMILES string of the molecule is Cc1cccc(Cc2cnc(NC(=O)c3ccc(CCNS(C)(=O)=O)s3)s2)c1Cl. The maximum Gasteiger partial charge on any atom is 0.267 e. The molecule has 0 unspecified atom stereocenters. The van der Waals surface area contributed by atoms with Crippen molar-refractivity contribution in [3.8, 4) is 0 Å². The van der Waals surface area contributed by atoms with E-state index in [1.807, 2.05) is 31.2 Å². The van der Waals surface area contributed by atoms with Crippen LogP contribution in [0.3, 0.4) is 0 Å². The van der Waals surface area contributed by atoms with Gasteiger partial charge >= 0.3 is 0 Å². The molecule has 0 spiro atoms. The molecule has 2 aromatic heterocycles. The lowest BCUT2D eigenvalue weighted by atomic mass is 10.1. The van der Waals surface area contributed by atoms with Crippen molar-refractivity contribution in [3.05, 3.63) is 67.3 Å². The Hall–Kier alpha value is -1.78. The van der Waals surface area contributed by atoms with E-state index in [0.29, 0.717) is 29.4 Å². The van der Waals surface area contributed by atoms with E-state index in [1.165, 1.54) is 22.7 Å². The summed E-state index contributed by atoms with van der Waals surface area (Å²) in [6.45, 7) is 2.27. The van der Waals surface area contributed by atoms with Crippen molar-refractivity contribution in [1.82, 2.24) is 9.71 Å². The molecule has 10 heteroatoms. The highest BCUT2D eigenvalue weighted by Crippen LogP contribution is 2.27. The number of hydrogen-bond donors (Lipinski definition) is 2. The predicted octanol–water partition coefficient (Wildman–Crippen LogP) is 4.10. The van der Waals surface area contributed by atoms with Crippen molar-refractivity contribution >= 4 is 55.3 Å². The summed E-state index contributed by atoms with van der Waals surface area (Å²) >= 11 is 9.11. The summed E-state index contributed by atoms with van der Waals surface area (Å²) in [5.74, 6) is -0.230. The molecule has 3 aromatic rings. The van der Waals surface area contributed by atoms with Gasteiger partial charge in [0.2, 0.25) is 10.0 Å². The number of hydrogen-bond acceptors (Lipinski definition) is 6. The van der Waals surface area contributed by atoms with Crippen molar-refractivity contribution in [1.29, 1.82) is 0 Å². The van der Waals surface area contributed by atoms with E-state index in [1.54, 1.807) is 12.3 Å². The Balaban J connectivity index is 1.58. The van der Waals surface area contributed by atoms with E-state index in [9.17, 15) is 13.2 Å². The molecule has 0 saturated heterocycles. The maximum atomic E-state index is 12.5. The third-order valence-electron chi connectivity index (χ3n) is 4.03. The lowest BCUT2D eigenvalue weighted by molar-refractivity contribution is 0.103. The Morgan fingerprint density at radius 1 is 1.17 bits per heavy atom. The van der Waals surface area contributed by atoms with Gasteiger partial charge < -0.3 is 0 Å². The van der Waals surface area contributed by atoms with Crippen LogP contribution in [-0.4, -0.2) is 32.1 Å². The zero-order valence-electron chi connectivity index (χ0n) is 15.9. The number of rotatable bonds is 8. The van der Waals surface area contributed by atoms with Gasteiger partial charge in [0.15, 0.2) is 5.13 Å². The predicted molar refractivity (Wildman–Crippen MR) is 120 cm³/mol. The molecule has 0 aliphatic carbocycles. The third kappa shape index (κ3) is 6.35. The molecule has 6 nitrogen and oxygen atoms in total. The second-order valence-electron chi connectivity index (χ2n) is 6.49. The summed E-state index contributed by atoms with van der Waals surface area (Å²) in [6.07, 6.45) is 4.05. The number of benzene rings is 1. The average Bonchev–Trinajstić information content (AvgIpc) is 3.28. The van der Waals surface area contributed by atoms with Gasteiger partial charge in [-0.2, -0.15) is 0 Å². The van der Waals surface area contributed by atoms with Crippen molar-refractivity contribution < 1.29 is 13.2 Å². The van der Waals surface area contributed by atoms with Gasteiger partial charge in [0.1, 0.15) is 0 Å². The fraction of sp³-hybridized carbons (Fsp3) is 0.263. The molecule has 2 heterocycles. The van der Waals surface area contributed by atoms with E-state index >= 15 is 0 Å². The number of nitrogens with one attached hydrogen (secondary N) is 2. The van der Waals surface area contributed by atoms with Gasteiger partial charge in [-0.1, -0.05) is 29.8 Å². The van der Waals surface area contributed by atoms with E-state index in [0.717, 1.165) is 32.2 Å². The number of carbonyl (C=O) groups is 1. The highest BCUT2D eigenvalue weighted by molar-refractivity contribution is 7.88. The maximum absolute atomic E-state index is 12.5. The highest BCUT2D eigenvalue weighted by Gasteiger charge is 2.13. The zero-order valence-corrected chi connectivity index (χ0v) is 19.1. The molecule has 3 rings (SSSR count). The van der Waals surface area contributed by atoms with Gasteiger partial charge in [0, 0.05) is 33.9 Å². The second kappa shape index (κ2) is 9.36. The van der Waals surface area contributed by atoms with Crippen LogP contribution in [-0.2, 0) is 22.9 Å². The minimum absolute atomic E-state index is 0.230. The minimum Gasteiger partial charge on any atom is -0.297 e. The Bertz CT molecular complexity index is 1120. The molecular formula is C19H20ClN3O3S3. The number of aryl methyl sites for hydroxylation is 1. The normalized spacial score (nSPS) is 11.6. The Morgan fingerprint density at radius 3 is 2.72 bits per heavy atom. The van der Waals surface area contributed by atoms with Crippen molar-refractivity contribution in [2.45, 2.75) is 19.8 Å². The van der Waals surface area contributed by atoms with Crippen LogP contribution >= 0.6 is 34.3 Å². The van der Waals surface area contributed by atoms with Crippen LogP contribution in [0.1, 0.15) is 30.6 Å². The summed E-state index contributed by atoms with van der Waals surface area (Å²) < 4.78 is 24.7. The molecule has 29 heavy (non-hydrogen) atoms. The van der Waals surface area contributed by atoms with Crippen LogP contribution in [0.15, 0.2) is 36.5 Å². The minimum atomic E-state index is -3.21. The Morgan fingerprint density at radius 2 is 1.97 bits per heavy atom. The lowest BCUT2D eigenvalue weighted by Crippen LogP contribution is -2.24. The highest BCUT2D eigenvalue weighted by atomic mass is 35.5. The fourth-order valence-corrected chi connectivity index (χ4v) is 5.03. The second-order valence-corrected chi connectivity index (χ2v) is 11.0. The van der Waals surface area contributed by atoms with Crippen LogP contribution in [0.2, 0.25) is 5.02 Å². The molecule has 1 aromatic carbocycles. The number of carbonyl (C=O) groups excluding carboxylic acids is 1. The molecule has 1 amide bonds. The molecule has 0 bridgehead atoms. The first-order chi connectivity index (χ1) is 13.7. The lowest BCUT2D eigenvalue weighted by Gasteiger charge is -2.04. The smallest absolute Gasteiger partial charge is 0.267 e. The summed E-state index contributed by atoms with van der Waals surface area (Å²) in [5, 5.41) is 4.10. The number of aromatic nitrogens is 1. The quantitative estimate of drug-likeness (QED) is 0.519. The summed E-state index contributed by atoms with van der Waals surface area (Å²) in [7, 11) is -3.21. The van der Waals surface area contributed by atoms with Crippen molar-refractivity contribution in [3.63, 3.8) is 0 Å². The molecule has 0 fully saturated rings. The largest absolute Gasteiger partial charge is 0.297 e. The van der Waals surface area contributed by atoms with Crippen LogP contribution in [0.4, 0.5) is 5.13 Å². The number of thiophene rings is 1. The number of amides is 1. The number of thiazole rings is 1. The summed E-state index contributed by atoms with van der Waals surface area (Å²) in [4.78, 5) is 19.2. The van der Waals surface area contributed by atoms with Gasteiger partial charge in [-0.25, -0.2) is 18.1 Å². The van der Waals surface area contributed by atoms with Gasteiger partial charge in [-0.05, 0) is 36.6 Å². The summed E-state index contributed by atoms with van der Waals surface area (Å²) in [6, 6.07) is 9.49. The Kier molecular flexibility index (Phi) is 7.07. The molecule has 2 N–H and O–H groups in total. The van der Waals surface area contributed by atoms with Gasteiger partial charge in [0.25, 0.3) is 5.91 Å². The van der Waals surface area contributed by atoms with Gasteiger partial charge in [-0.3, -0.25) is 10.1 Å².